The molecule has 0 spiro atoms. The highest BCUT2D eigenvalue weighted by atomic mass is 19.4. The summed E-state index contributed by atoms with van der Waals surface area (Å²) in [5, 5.41) is 3.48. The van der Waals surface area contributed by atoms with Gasteiger partial charge in [0.25, 0.3) is 0 Å². The van der Waals surface area contributed by atoms with E-state index in [0.717, 1.165) is 12.1 Å². The van der Waals surface area contributed by atoms with Crippen LogP contribution in [0.2, 0.25) is 0 Å². The summed E-state index contributed by atoms with van der Waals surface area (Å²) in [7, 11) is 0. The van der Waals surface area contributed by atoms with Crippen molar-refractivity contribution in [2.75, 3.05) is 6.54 Å². The lowest BCUT2D eigenvalue weighted by atomic mass is 9.95. The van der Waals surface area contributed by atoms with E-state index in [-0.39, 0.29) is 12.6 Å². The first-order valence-corrected chi connectivity index (χ1v) is 7.56. The number of rotatable bonds is 3. The fourth-order valence-corrected chi connectivity index (χ4v) is 2.83. The van der Waals surface area contributed by atoms with Crippen molar-refractivity contribution in [3.05, 3.63) is 63.8 Å². The fourth-order valence-electron chi connectivity index (χ4n) is 2.83. The van der Waals surface area contributed by atoms with Crippen molar-refractivity contribution in [2.24, 2.45) is 5.11 Å². The lowest BCUT2D eigenvalue weighted by Crippen LogP contribution is -2.25. The zero-order valence-electron chi connectivity index (χ0n) is 12.9. The minimum absolute atomic E-state index is 0.139. The van der Waals surface area contributed by atoms with E-state index in [2.05, 4.69) is 10.0 Å². The summed E-state index contributed by atoms with van der Waals surface area (Å²) >= 11 is 0. The molecule has 2 aromatic carbocycles. The maximum atomic E-state index is 13.9. The second kappa shape index (κ2) is 6.64. The molecule has 2 aromatic rings. The molecule has 0 aliphatic carbocycles. The molecular weight excluding hydrogens is 338 g/mol. The van der Waals surface area contributed by atoms with Gasteiger partial charge in [-0.1, -0.05) is 17.2 Å². The number of halogens is 4. The van der Waals surface area contributed by atoms with Crippen LogP contribution in [0.3, 0.4) is 0 Å². The normalized spacial score (nSPS) is 16.6. The summed E-state index contributed by atoms with van der Waals surface area (Å²) in [6.45, 7) is 0.139. The topological polar surface area (TPSA) is 58.0 Å². The van der Waals surface area contributed by atoms with E-state index in [9.17, 15) is 17.6 Å². The van der Waals surface area contributed by atoms with Crippen molar-refractivity contribution < 1.29 is 22.3 Å². The van der Waals surface area contributed by atoms with Crippen molar-refractivity contribution in [1.82, 2.24) is 0 Å². The Kier molecular flexibility index (Phi) is 4.55. The Hall–Kier alpha value is -2.73. The minimum Gasteiger partial charge on any atom is -0.489 e. The van der Waals surface area contributed by atoms with Crippen LogP contribution < -0.4 is 4.74 Å². The van der Waals surface area contributed by atoms with Gasteiger partial charge in [0.2, 0.25) is 0 Å². The summed E-state index contributed by atoms with van der Waals surface area (Å²) in [5.41, 5.74) is 9.09. The molecule has 1 aliphatic rings. The maximum absolute atomic E-state index is 13.9. The van der Waals surface area contributed by atoms with E-state index in [1.807, 2.05) is 0 Å². The predicted molar refractivity (Wildman–Crippen MR) is 83.6 cm³/mol. The Morgan fingerprint density at radius 3 is 2.56 bits per heavy atom. The van der Waals surface area contributed by atoms with E-state index in [0.29, 0.717) is 35.3 Å². The number of nitrogens with zero attached hydrogens (tertiary/aromatic N) is 3. The van der Waals surface area contributed by atoms with Crippen LogP contribution in [0, 0.1) is 5.82 Å². The summed E-state index contributed by atoms with van der Waals surface area (Å²) in [6, 6.07) is 7.07. The van der Waals surface area contributed by atoms with Gasteiger partial charge < -0.3 is 4.74 Å². The fraction of sp³-hybridized carbons (Fsp3) is 0.294. The van der Waals surface area contributed by atoms with E-state index in [4.69, 9.17) is 10.3 Å². The van der Waals surface area contributed by atoms with Gasteiger partial charge in [0, 0.05) is 10.5 Å². The number of aryl methyl sites for hydroxylation is 1. The van der Waals surface area contributed by atoms with E-state index < -0.39 is 17.6 Å². The number of hydrogen-bond donors (Lipinski definition) is 0. The second-order valence-electron chi connectivity index (χ2n) is 5.71. The zero-order chi connectivity index (χ0) is 18.0. The number of fused-ring (bicyclic) bond motifs is 1. The Bertz CT molecular complexity index is 827. The highest BCUT2D eigenvalue weighted by molar-refractivity contribution is 5.73. The van der Waals surface area contributed by atoms with Crippen LogP contribution in [0.25, 0.3) is 21.6 Å². The van der Waals surface area contributed by atoms with E-state index in [1.54, 1.807) is 0 Å². The van der Waals surface area contributed by atoms with Gasteiger partial charge in [-0.25, -0.2) is 4.39 Å². The zero-order valence-corrected chi connectivity index (χ0v) is 12.9. The molecule has 0 amide bonds. The van der Waals surface area contributed by atoms with Crippen LogP contribution in [0.5, 0.6) is 5.75 Å². The molecule has 0 unspecified atom stereocenters. The van der Waals surface area contributed by atoms with Gasteiger partial charge in [0.15, 0.2) is 0 Å². The SMILES string of the molecule is [N-]=[N+]=NC[C@H]1CCc2cc(F)cc(-c3ccc(C(F)(F)F)cc3)c2O1. The first kappa shape index (κ1) is 17.1. The Balaban J connectivity index is 1.99. The van der Waals surface area contributed by atoms with Crippen molar-refractivity contribution >= 4 is 0 Å². The van der Waals surface area contributed by atoms with Gasteiger partial charge in [-0.15, -0.1) is 0 Å². The Labute approximate surface area is 140 Å². The van der Waals surface area contributed by atoms with Gasteiger partial charge >= 0.3 is 6.18 Å². The van der Waals surface area contributed by atoms with Gasteiger partial charge in [-0.2, -0.15) is 13.2 Å². The molecule has 25 heavy (non-hydrogen) atoms. The minimum atomic E-state index is -4.43. The average Bonchev–Trinajstić information content (AvgIpc) is 2.58. The van der Waals surface area contributed by atoms with Gasteiger partial charge in [0.05, 0.1) is 12.1 Å². The first-order valence-electron chi connectivity index (χ1n) is 7.56. The van der Waals surface area contributed by atoms with Gasteiger partial charge in [-0.3, -0.25) is 0 Å². The van der Waals surface area contributed by atoms with Crippen molar-refractivity contribution in [3.63, 3.8) is 0 Å². The molecule has 0 N–H and O–H groups in total. The van der Waals surface area contributed by atoms with Crippen LogP contribution in [-0.4, -0.2) is 12.6 Å². The Morgan fingerprint density at radius 2 is 1.92 bits per heavy atom. The number of alkyl halides is 3. The highest BCUT2D eigenvalue weighted by Crippen LogP contribution is 2.39. The third-order valence-corrected chi connectivity index (χ3v) is 4.02. The largest absolute Gasteiger partial charge is 0.489 e. The summed E-state index contributed by atoms with van der Waals surface area (Å²) in [6.07, 6.45) is -3.67. The third-order valence-electron chi connectivity index (χ3n) is 4.02. The third kappa shape index (κ3) is 3.69. The Morgan fingerprint density at radius 1 is 1.20 bits per heavy atom. The monoisotopic (exact) mass is 351 g/mol. The van der Waals surface area contributed by atoms with Crippen LogP contribution in [0.4, 0.5) is 17.6 Å². The molecule has 1 atom stereocenters. The summed E-state index contributed by atoms with van der Waals surface area (Å²) < 4.78 is 57.8. The number of ether oxygens (including phenoxy) is 1. The van der Waals surface area contributed by atoms with Crippen molar-refractivity contribution in [2.45, 2.75) is 25.1 Å². The lowest BCUT2D eigenvalue weighted by Gasteiger charge is -2.27. The molecule has 1 aliphatic heterocycles. The van der Waals surface area contributed by atoms with E-state index >= 15 is 0 Å². The quantitative estimate of drug-likeness (QED) is 0.311. The summed E-state index contributed by atoms with van der Waals surface area (Å²) in [4.78, 5) is 2.69. The molecule has 0 fully saturated rings. The van der Waals surface area contributed by atoms with Gasteiger partial charge in [-0.05, 0) is 53.8 Å². The lowest BCUT2D eigenvalue weighted by molar-refractivity contribution is -0.137. The average molecular weight is 351 g/mol. The van der Waals surface area contributed by atoms with Crippen molar-refractivity contribution in [3.8, 4) is 16.9 Å². The summed E-state index contributed by atoms with van der Waals surface area (Å²) in [5.74, 6) is -0.0590. The number of hydrogen-bond acceptors (Lipinski definition) is 2. The van der Waals surface area contributed by atoms with Crippen LogP contribution in [0.15, 0.2) is 41.5 Å². The van der Waals surface area contributed by atoms with Crippen LogP contribution >= 0.6 is 0 Å². The molecule has 0 bridgehead atoms. The molecule has 130 valence electrons. The van der Waals surface area contributed by atoms with E-state index in [1.165, 1.54) is 24.3 Å². The van der Waals surface area contributed by atoms with Crippen molar-refractivity contribution in [1.29, 1.82) is 0 Å². The second-order valence-corrected chi connectivity index (χ2v) is 5.71. The molecule has 3 rings (SSSR count). The molecular formula is C17H13F4N3O. The molecule has 0 radical (unpaired) electrons. The molecule has 0 saturated heterocycles. The predicted octanol–water partition coefficient (Wildman–Crippen LogP) is 5.52. The molecule has 0 saturated carbocycles. The number of benzene rings is 2. The van der Waals surface area contributed by atoms with Crippen LogP contribution in [0.1, 0.15) is 17.5 Å². The molecule has 4 nitrogen and oxygen atoms in total. The first-order chi connectivity index (χ1) is 11.9. The van der Waals surface area contributed by atoms with Crippen LogP contribution in [-0.2, 0) is 12.6 Å². The maximum Gasteiger partial charge on any atom is 0.416 e. The number of azide groups is 1. The smallest absolute Gasteiger partial charge is 0.416 e. The molecule has 1 heterocycles. The molecule has 0 aromatic heterocycles. The van der Waals surface area contributed by atoms with Gasteiger partial charge in [0.1, 0.15) is 17.7 Å². The standard InChI is InChI=1S/C17H13F4N3O/c18-13-7-11-3-6-14(9-23-24-22)25-16(11)15(8-13)10-1-4-12(5-2-10)17(19,20)21/h1-2,4-5,7-8,14H,3,6,9H2/t14-/m1/s1. The molecule has 8 heteroatoms. The highest BCUT2D eigenvalue weighted by Gasteiger charge is 2.30.